The minimum atomic E-state index is 0.460. The van der Waals surface area contributed by atoms with Crippen molar-refractivity contribution in [2.45, 2.75) is 25.3 Å². The van der Waals surface area contributed by atoms with Crippen molar-refractivity contribution < 1.29 is 4.74 Å². The molecule has 0 bridgehead atoms. The van der Waals surface area contributed by atoms with Crippen molar-refractivity contribution in [2.24, 2.45) is 0 Å². The molecule has 0 amide bonds. The van der Waals surface area contributed by atoms with Crippen molar-refractivity contribution in [3.8, 4) is 5.75 Å². The van der Waals surface area contributed by atoms with Crippen LogP contribution in [0, 0.1) is 0 Å². The predicted octanol–water partition coefficient (Wildman–Crippen LogP) is 3.16. The predicted molar refractivity (Wildman–Crippen MR) is 62.6 cm³/mol. The molecule has 82 valence electrons. The number of methoxy groups -OCH3 is 1. The van der Waals surface area contributed by atoms with E-state index in [9.17, 15) is 0 Å². The number of benzene rings is 1. The van der Waals surface area contributed by atoms with Crippen LogP contribution in [-0.4, -0.2) is 13.7 Å². The van der Waals surface area contributed by atoms with Gasteiger partial charge in [0.15, 0.2) is 0 Å². The second kappa shape index (κ2) is 4.86. The second-order valence-corrected chi connectivity index (χ2v) is 4.30. The van der Waals surface area contributed by atoms with Crippen LogP contribution >= 0.6 is 11.6 Å². The summed E-state index contributed by atoms with van der Waals surface area (Å²) in [6.45, 7) is 1.11. The van der Waals surface area contributed by atoms with Crippen molar-refractivity contribution in [1.82, 2.24) is 5.32 Å². The molecule has 1 saturated heterocycles. The van der Waals surface area contributed by atoms with Gasteiger partial charge in [-0.25, -0.2) is 0 Å². The molecule has 1 heterocycles. The van der Waals surface area contributed by atoms with Crippen LogP contribution in [0.2, 0.25) is 5.02 Å². The van der Waals surface area contributed by atoms with Gasteiger partial charge < -0.3 is 10.1 Å². The van der Waals surface area contributed by atoms with Gasteiger partial charge in [0.1, 0.15) is 5.75 Å². The third kappa shape index (κ3) is 2.44. The van der Waals surface area contributed by atoms with E-state index in [1.54, 1.807) is 7.11 Å². The normalized spacial score (nSPS) is 21.3. The number of piperidine rings is 1. The summed E-state index contributed by atoms with van der Waals surface area (Å²) in [4.78, 5) is 0. The molecule has 1 N–H and O–H groups in total. The lowest BCUT2D eigenvalue weighted by Crippen LogP contribution is -2.26. The lowest BCUT2D eigenvalue weighted by Gasteiger charge is -2.24. The van der Waals surface area contributed by atoms with E-state index in [0.29, 0.717) is 11.1 Å². The number of rotatable bonds is 2. The van der Waals surface area contributed by atoms with E-state index >= 15 is 0 Å². The van der Waals surface area contributed by atoms with Crippen LogP contribution in [0.25, 0.3) is 0 Å². The molecule has 0 aromatic heterocycles. The molecule has 1 fully saturated rings. The first-order chi connectivity index (χ1) is 7.31. The molecule has 0 saturated carbocycles. The highest BCUT2D eigenvalue weighted by molar-refractivity contribution is 6.32. The Kier molecular flexibility index (Phi) is 3.49. The van der Waals surface area contributed by atoms with Crippen LogP contribution in [0.15, 0.2) is 18.2 Å². The van der Waals surface area contributed by atoms with E-state index in [4.69, 9.17) is 16.3 Å². The highest BCUT2D eigenvalue weighted by atomic mass is 35.5. The first-order valence-electron chi connectivity index (χ1n) is 5.38. The fraction of sp³-hybridized carbons (Fsp3) is 0.500. The van der Waals surface area contributed by atoms with Crippen molar-refractivity contribution in [3.63, 3.8) is 0 Å². The molecule has 0 spiro atoms. The SMILES string of the molecule is COc1ccc(C2CCCCN2)cc1Cl. The molecule has 1 aliphatic rings. The lowest BCUT2D eigenvalue weighted by atomic mass is 9.97. The summed E-state index contributed by atoms with van der Waals surface area (Å²) in [5.41, 5.74) is 1.26. The van der Waals surface area contributed by atoms with Gasteiger partial charge in [-0.05, 0) is 37.1 Å². The largest absolute Gasteiger partial charge is 0.495 e. The maximum atomic E-state index is 6.10. The van der Waals surface area contributed by atoms with Gasteiger partial charge in [0.05, 0.1) is 12.1 Å². The smallest absolute Gasteiger partial charge is 0.137 e. The Morgan fingerprint density at radius 1 is 1.40 bits per heavy atom. The van der Waals surface area contributed by atoms with Crippen LogP contribution in [-0.2, 0) is 0 Å². The van der Waals surface area contributed by atoms with E-state index in [2.05, 4.69) is 11.4 Å². The minimum Gasteiger partial charge on any atom is -0.495 e. The zero-order chi connectivity index (χ0) is 10.7. The fourth-order valence-corrected chi connectivity index (χ4v) is 2.30. The Balaban J connectivity index is 2.17. The summed E-state index contributed by atoms with van der Waals surface area (Å²) >= 11 is 6.10. The van der Waals surface area contributed by atoms with E-state index in [-0.39, 0.29) is 0 Å². The van der Waals surface area contributed by atoms with Gasteiger partial charge in [-0.1, -0.05) is 24.1 Å². The third-order valence-corrected chi connectivity index (χ3v) is 3.18. The quantitative estimate of drug-likeness (QED) is 0.835. The van der Waals surface area contributed by atoms with Crippen molar-refractivity contribution in [2.75, 3.05) is 13.7 Å². The standard InChI is InChI=1S/C12H16ClNO/c1-15-12-6-5-9(8-10(12)13)11-4-2-3-7-14-11/h5-6,8,11,14H,2-4,7H2,1H3. The Hall–Kier alpha value is -0.730. The molecule has 3 heteroatoms. The van der Waals surface area contributed by atoms with Crippen LogP contribution in [0.1, 0.15) is 30.9 Å². The molecule has 1 aromatic rings. The molecule has 1 unspecified atom stereocenters. The van der Waals surface area contributed by atoms with E-state index in [0.717, 1.165) is 12.3 Å². The topological polar surface area (TPSA) is 21.3 Å². The summed E-state index contributed by atoms with van der Waals surface area (Å²) in [6.07, 6.45) is 3.77. The average molecular weight is 226 g/mol. The number of nitrogens with one attached hydrogen (secondary N) is 1. The number of hydrogen-bond donors (Lipinski definition) is 1. The van der Waals surface area contributed by atoms with Gasteiger partial charge in [0.25, 0.3) is 0 Å². The molecule has 0 aliphatic carbocycles. The Bertz CT molecular complexity index is 334. The molecular formula is C12H16ClNO. The van der Waals surface area contributed by atoms with Crippen LogP contribution < -0.4 is 10.1 Å². The summed E-state index contributed by atoms with van der Waals surface area (Å²) < 4.78 is 5.13. The fourth-order valence-electron chi connectivity index (χ4n) is 2.04. The summed E-state index contributed by atoms with van der Waals surface area (Å²) in [5, 5.41) is 4.20. The zero-order valence-corrected chi connectivity index (χ0v) is 9.68. The Labute approximate surface area is 95.6 Å². The van der Waals surface area contributed by atoms with Gasteiger partial charge in [-0.3, -0.25) is 0 Å². The van der Waals surface area contributed by atoms with Gasteiger partial charge in [-0.15, -0.1) is 0 Å². The van der Waals surface area contributed by atoms with Crippen LogP contribution in [0.3, 0.4) is 0 Å². The monoisotopic (exact) mass is 225 g/mol. The molecule has 1 aromatic carbocycles. The van der Waals surface area contributed by atoms with Crippen LogP contribution in [0.5, 0.6) is 5.75 Å². The highest BCUT2D eigenvalue weighted by Crippen LogP contribution is 2.30. The molecule has 15 heavy (non-hydrogen) atoms. The first kappa shape index (κ1) is 10.8. The molecule has 0 radical (unpaired) electrons. The maximum Gasteiger partial charge on any atom is 0.137 e. The molecule has 1 aliphatic heterocycles. The molecule has 2 rings (SSSR count). The third-order valence-electron chi connectivity index (χ3n) is 2.89. The zero-order valence-electron chi connectivity index (χ0n) is 8.92. The van der Waals surface area contributed by atoms with Crippen molar-refractivity contribution in [1.29, 1.82) is 0 Å². The lowest BCUT2D eigenvalue weighted by molar-refractivity contribution is 0.406. The Morgan fingerprint density at radius 3 is 2.87 bits per heavy atom. The maximum absolute atomic E-state index is 6.10. The number of ether oxygens (including phenoxy) is 1. The van der Waals surface area contributed by atoms with Crippen molar-refractivity contribution in [3.05, 3.63) is 28.8 Å². The average Bonchev–Trinajstić information content (AvgIpc) is 2.30. The van der Waals surface area contributed by atoms with Crippen LogP contribution in [0.4, 0.5) is 0 Å². The highest BCUT2D eigenvalue weighted by Gasteiger charge is 2.15. The van der Waals surface area contributed by atoms with Crippen molar-refractivity contribution >= 4 is 11.6 Å². The summed E-state index contributed by atoms with van der Waals surface area (Å²) in [6, 6.07) is 6.49. The molecular weight excluding hydrogens is 210 g/mol. The minimum absolute atomic E-state index is 0.460. The number of halogens is 1. The first-order valence-corrected chi connectivity index (χ1v) is 5.76. The summed E-state index contributed by atoms with van der Waals surface area (Å²) in [7, 11) is 1.64. The number of hydrogen-bond acceptors (Lipinski definition) is 2. The van der Waals surface area contributed by atoms with Gasteiger partial charge in [0.2, 0.25) is 0 Å². The summed E-state index contributed by atoms with van der Waals surface area (Å²) in [5.74, 6) is 0.747. The van der Waals surface area contributed by atoms with Gasteiger partial charge in [0, 0.05) is 6.04 Å². The molecule has 2 nitrogen and oxygen atoms in total. The molecule has 1 atom stereocenters. The second-order valence-electron chi connectivity index (χ2n) is 3.90. The van der Waals surface area contributed by atoms with E-state index < -0.39 is 0 Å². The van der Waals surface area contributed by atoms with Gasteiger partial charge >= 0.3 is 0 Å². The Morgan fingerprint density at radius 2 is 2.27 bits per heavy atom. The van der Waals surface area contributed by atoms with E-state index in [1.807, 2.05) is 12.1 Å². The van der Waals surface area contributed by atoms with E-state index in [1.165, 1.54) is 24.8 Å². The van der Waals surface area contributed by atoms with Gasteiger partial charge in [-0.2, -0.15) is 0 Å².